The van der Waals surface area contributed by atoms with Gasteiger partial charge in [-0.25, -0.2) is 4.79 Å². The van der Waals surface area contributed by atoms with Gasteiger partial charge in [-0.3, -0.25) is 10.1 Å². The number of benzene rings is 1. The summed E-state index contributed by atoms with van der Waals surface area (Å²) in [6.07, 6.45) is 0. The van der Waals surface area contributed by atoms with Crippen LogP contribution in [0.5, 0.6) is 0 Å². The maximum Gasteiger partial charge on any atom is 0.318 e. The van der Waals surface area contributed by atoms with Crippen molar-refractivity contribution < 1.29 is 9.59 Å². The number of aryl methyl sites for hydroxylation is 2. The van der Waals surface area contributed by atoms with Crippen molar-refractivity contribution in [3.63, 3.8) is 0 Å². The third kappa shape index (κ3) is 4.11. The van der Waals surface area contributed by atoms with Crippen LogP contribution in [0.4, 0.5) is 4.79 Å². The van der Waals surface area contributed by atoms with Crippen LogP contribution in [0.15, 0.2) is 23.1 Å². The zero-order valence-electron chi connectivity index (χ0n) is 10.1. The van der Waals surface area contributed by atoms with Gasteiger partial charge in [0.05, 0.1) is 5.25 Å². The summed E-state index contributed by atoms with van der Waals surface area (Å²) in [7, 11) is 0. The van der Waals surface area contributed by atoms with Crippen LogP contribution in [0.2, 0.25) is 0 Å². The van der Waals surface area contributed by atoms with E-state index in [-0.39, 0.29) is 11.2 Å². The van der Waals surface area contributed by atoms with Gasteiger partial charge < -0.3 is 5.73 Å². The molecular formula is C12H16N2O2S. The second-order valence-corrected chi connectivity index (χ2v) is 5.27. The lowest BCUT2D eigenvalue weighted by atomic mass is 10.2. The Morgan fingerprint density at radius 2 is 2.00 bits per heavy atom. The Bertz CT molecular complexity index is 446. The molecular weight excluding hydrogens is 236 g/mol. The highest BCUT2D eigenvalue weighted by molar-refractivity contribution is 8.00. The molecule has 1 atom stereocenters. The molecule has 1 rings (SSSR count). The van der Waals surface area contributed by atoms with Crippen molar-refractivity contribution in [1.82, 2.24) is 5.32 Å². The first-order valence-corrected chi connectivity index (χ1v) is 6.12. The molecule has 0 fully saturated rings. The van der Waals surface area contributed by atoms with Gasteiger partial charge in [0.25, 0.3) is 0 Å². The molecule has 3 N–H and O–H groups in total. The Morgan fingerprint density at radius 1 is 1.35 bits per heavy atom. The summed E-state index contributed by atoms with van der Waals surface area (Å²) in [5, 5.41) is 1.72. The number of thioether (sulfide) groups is 1. The topological polar surface area (TPSA) is 72.2 Å². The van der Waals surface area contributed by atoms with Gasteiger partial charge in [-0.05, 0) is 32.4 Å². The first-order chi connectivity index (χ1) is 7.90. The van der Waals surface area contributed by atoms with Crippen LogP contribution in [0.3, 0.4) is 0 Å². The van der Waals surface area contributed by atoms with Crippen molar-refractivity contribution in [3.05, 3.63) is 29.3 Å². The monoisotopic (exact) mass is 252 g/mol. The van der Waals surface area contributed by atoms with Crippen LogP contribution < -0.4 is 11.1 Å². The Labute approximate surface area is 105 Å². The molecule has 0 spiro atoms. The van der Waals surface area contributed by atoms with E-state index in [1.807, 2.05) is 32.0 Å². The van der Waals surface area contributed by atoms with Crippen LogP contribution in [0.1, 0.15) is 18.1 Å². The SMILES string of the molecule is Cc1ccc(C)c(S[C@H](C)C(=O)NC(N)=O)c1. The first kappa shape index (κ1) is 13.6. The van der Waals surface area contributed by atoms with Crippen LogP contribution in [-0.2, 0) is 4.79 Å². The minimum absolute atomic E-state index is 0.358. The van der Waals surface area contributed by atoms with E-state index >= 15 is 0 Å². The largest absolute Gasteiger partial charge is 0.351 e. The molecule has 0 bridgehead atoms. The molecule has 0 aliphatic carbocycles. The second-order valence-electron chi connectivity index (χ2n) is 3.88. The third-order valence-electron chi connectivity index (χ3n) is 2.26. The van der Waals surface area contributed by atoms with E-state index in [0.29, 0.717) is 0 Å². The van der Waals surface area contributed by atoms with E-state index in [1.165, 1.54) is 11.8 Å². The molecule has 17 heavy (non-hydrogen) atoms. The van der Waals surface area contributed by atoms with Crippen LogP contribution in [0, 0.1) is 13.8 Å². The van der Waals surface area contributed by atoms with Crippen molar-refractivity contribution in [2.75, 3.05) is 0 Å². The van der Waals surface area contributed by atoms with E-state index in [9.17, 15) is 9.59 Å². The summed E-state index contributed by atoms with van der Waals surface area (Å²) in [4.78, 5) is 23.1. The summed E-state index contributed by atoms with van der Waals surface area (Å²) in [5.41, 5.74) is 7.15. The lowest BCUT2D eigenvalue weighted by Crippen LogP contribution is -2.39. The molecule has 0 radical (unpaired) electrons. The lowest BCUT2D eigenvalue weighted by Gasteiger charge is -2.12. The van der Waals surface area contributed by atoms with E-state index in [0.717, 1.165) is 16.0 Å². The molecule has 0 heterocycles. The highest BCUT2D eigenvalue weighted by atomic mass is 32.2. The standard InChI is InChI=1S/C12H16N2O2S/c1-7-4-5-8(2)10(6-7)17-9(3)11(15)14-12(13)16/h4-6,9H,1-3H3,(H3,13,14,15,16)/t9-/m1/s1. The number of urea groups is 1. The Kier molecular flexibility index (Phi) is 4.57. The van der Waals surface area contributed by atoms with Crippen LogP contribution in [0.25, 0.3) is 0 Å². The molecule has 0 saturated carbocycles. The quantitative estimate of drug-likeness (QED) is 0.808. The summed E-state index contributed by atoms with van der Waals surface area (Å²) in [5.74, 6) is -0.372. The van der Waals surface area contributed by atoms with Gasteiger partial charge in [0.1, 0.15) is 0 Å². The molecule has 0 aromatic heterocycles. The first-order valence-electron chi connectivity index (χ1n) is 5.24. The van der Waals surface area contributed by atoms with Gasteiger partial charge in [0, 0.05) is 4.90 Å². The third-order valence-corrected chi connectivity index (χ3v) is 3.52. The Balaban J connectivity index is 2.73. The highest BCUT2D eigenvalue weighted by Crippen LogP contribution is 2.27. The summed E-state index contributed by atoms with van der Waals surface area (Å²) in [6.45, 7) is 5.73. The summed E-state index contributed by atoms with van der Waals surface area (Å²) >= 11 is 1.41. The fourth-order valence-electron chi connectivity index (χ4n) is 1.30. The summed E-state index contributed by atoms with van der Waals surface area (Å²) in [6, 6.07) is 5.24. The Hall–Kier alpha value is -1.49. The smallest absolute Gasteiger partial charge is 0.318 e. The number of amides is 3. The average Bonchev–Trinajstić information content (AvgIpc) is 2.22. The maximum atomic E-state index is 11.5. The van der Waals surface area contributed by atoms with E-state index < -0.39 is 6.03 Å². The minimum atomic E-state index is -0.816. The minimum Gasteiger partial charge on any atom is -0.351 e. The molecule has 0 unspecified atom stereocenters. The van der Waals surface area contributed by atoms with E-state index in [2.05, 4.69) is 5.32 Å². The van der Waals surface area contributed by atoms with Crippen molar-refractivity contribution in [1.29, 1.82) is 0 Å². The van der Waals surface area contributed by atoms with Crippen molar-refractivity contribution in [2.24, 2.45) is 5.73 Å². The molecule has 4 nitrogen and oxygen atoms in total. The van der Waals surface area contributed by atoms with E-state index in [4.69, 9.17) is 5.73 Å². The average molecular weight is 252 g/mol. The number of nitrogens with one attached hydrogen (secondary N) is 1. The number of hydrogen-bond acceptors (Lipinski definition) is 3. The van der Waals surface area contributed by atoms with Gasteiger partial charge in [-0.1, -0.05) is 17.7 Å². The molecule has 92 valence electrons. The zero-order valence-corrected chi connectivity index (χ0v) is 10.9. The Morgan fingerprint density at radius 3 is 2.59 bits per heavy atom. The van der Waals surface area contributed by atoms with Crippen LogP contribution >= 0.6 is 11.8 Å². The number of hydrogen-bond donors (Lipinski definition) is 2. The molecule has 1 aromatic carbocycles. The number of carbonyl (C=O) groups is 2. The highest BCUT2D eigenvalue weighted by Gasteiger charge is 2.16. The van der Waals surface area contributed by atoms with Gasteiger partial charge in [-0.2, -0.15) is 0 Å². The molecule has 0 aliphatic rings. The predicted molar refractivity (Wildman–Crippen MR) is 69.0 cm³/mol. The number of carbonyl (C=O) groups excluding carboxylic acids is 2. The lowest BCUT2D eigenvalue weighted by molar-refractivity contribution is -0.119. The molecule has 3 amide bonds. The normalized spacial score (nSPS) is 11.9. The molecule has 0 aliphatic heterocycles. The second kappa shape index (κ2) is 5.72. The van der Waals surface area contributed by atoms with Crippen LogP contribution in [-0.4, -0.2) is 17.2 Å². The van der Waals surface area contributed by atoms with E-state index in [1.54, 1.807) is 6.92 Å². The van der Waals surface area contributed by atoms with Gasteiger partial charge in [0.15, 0.2) is 0 Å². The molecule has 1 aromatic rings. The van der Waals surface area contributed by atoms with Crippen molar-refractivity contribution in [3.8, 4) is 0 Å². The van der Waals surface area contributed by atoms with Crippen molar-refractivity contribution in [2.45, 2.75) is 30.9 Å². The van der Waals surface area contributed by atoms with Crippen molar-refractivity contribution >= 4 is 23.7 Å². The molecule has 0 saturated heterocycles. The number of nitrogens with two attached hydrogens (primary N) is 1. The van der Waals surface area contributed by atoms with Gasteiger partial charge in [0.2, 0.25) is 5.91 Å². The fraction of sp³-hybridized carbons (Fsp3) is 0.333. The fourth-order valence-corrected chi connectivity index (χ4v) is 2.36. The predicted octanol–water partition coefficient (Wildman–Crippen LogP) is 1.98. The maximum absolute atomic E-state index is 11.5. The van der Waals surface area contributed by atoms with Gasteiger partial charge >= 0.3 is 6.03 Å². The number of primary amides is 1. The molecule has 5 heteroatoms. The zero-order chi connectivity index (χ0) is 13.0. The van der Waals surface area contributed by atoms with Gasteiger partial charge in [-0.15, -0.1) is 11.8 Å². The number of rotatable bonds is 3. The summed E-state index contributed by atoms with van der Waals surface area (Å²) < 4.78 is 0. The number of imide groups is 1.